The molecule has 0 atom stereocenters. The van der Waals surface area contributed by atoms with Gasteiger partial charge in [0, 0.05) is 18.5 Å². The van der Waals surface area contributed by atoms with Crippen LogP contribution in [0.1, 0.15) is 15.9 Å². The highest BCUT2D eigenvalue weighted by Gasteiger charge is 2.20. The highest BCUT2D eigenvalue weighted by molar-refractivity contribution is 5.98. The number of aromatic carboxylic acids is 1. The third-order valence-corrected chi connectivity index (χ3v) is 3.49. The highest BCUT2D eigenvalue weighted by atomic mass is 16.5. The summed E-state index contributed by atoms with van der Waals surface area (Å²) in [5, 5.41) is 10.3. The minimum atomic E-state index is -0.942. The Morgan fingerprint density at radius 2 is 2.05 bits per heavy atom. The molecule has 1 aromatic heterocycles. The van der Waals surface area contributed by atoms with Crippen LogP contribution in [-0.2, 0) is 4.74 Å². The van der Waals surface area contributed by atoms with Gasteiger partial charge < -0.3 is 14.7 Å². The number of hydrogen-bond acceptors (Lipinski definition) is 4. The minimum Gasteiger partial charge on any atom is -0.478 e. The van der Waals surface area contributed by atoms with Gasteiger partial charge in [-0.05, 0) is 25.1 Å². The largest absolute Gasteiger partial charge is 0.478 e. The van der Waals surface area contributed by atoms with E-state index in [2.05, 4.69) is 4.98 Å². The second-order valence-electron chi connectivity index (χ2n) is 4.96. The number of carboxylic acids is 1. The summed E-state index contributed by atoms with van der Waals surface area (Å²) in [7, 11) is 0. The molecule has 1 aliphatic rings. The average Bonchev–Trinajstić information content (AvgIpc) is 2.46. The number of aromatic nitrogens is 1. The van der Waals surface area contributed by atoms with Crippen LogP contribution in [0, 0.1) is 6.92 Å². The molecule has 0 aliphatic carbocycles. The molecule has 5 heteroatoms. The summed E-state index contributed by atoms with van der Waals surface area (Å²) in [5.74, 6) is -0.403. The molecule has 2 heterocycles. The van der Waals surface area contributed by atoms with Crippen LogP contribution in [0.3, 0.4) is 0 Å². The van der Waals surface area contributed by atoms with E-state index in [1.54, 1.807) is 6.07 Å². The Balaban J connectivity index is 2.15. The van der Waals surface area contributed by atoms with Crippen molar-refractivity contribution in [2.24, 2.45) is 0 Å². The monoisotopic (exact) mass is 272 g/mol. The molecular formula is C15H16N2O3. The van der Waals surface area contributed by atoms with Crippen molar-refractivity contribution in [1.82, 2.24) is 4.98 Å². The molecule has 5 nitrogen and oxygen atoms in total. The molecule has 0 spiro atoms. The van der Waals surface area contributed by atoms with Gasteiger partial charge in [-0.15, -0.1) is 0 Å². The number of nitrogens with zero attached hydrogens (tertiary/aromatic N) is 2. The molecule has 0 unspecified atom stereocenters. The maximum absolute atomic E-state index is 11.5. The summed E-state index contributed by atoms with van der Waals surface area (Å²) in [6.45, 7) is 4.53. The molecule has 0 bridgehead atoms. The number of carbonyl (C=O) groups is 1. The van der Waals surface area contributed by atoms with Crippen molar-refractivity contribution in [2.45, 2.75) is 6.92 Å². The number of aryl methyl sites for hydroxylation is 1. The standard InChI is InChI=1S/C15H16N2O3/c1-10-2-3-13-11(8-10)9-12(15(18)19)14(16-13)17-4-6-20-7-5-17/h2-3,8-9H,4-7H2,1H3,(H,18,19). The van der Waals surface area contributed by atoms with Crippen molar-refractivity contribution < 1.29 is 14.6 Å². The summed E-state index contributed by atoms with van der Waals surface area (Å²) >= 11 is 0. The van der Waals surface area contributed by atoms with E-state index in [-0.39, 0.29) is 5.56 Å². The van der Waals surface area contributed by atoms with Gasteiger partial charge in [0.15, 0.2) is 0 Å². The van der Waals surface area contributed by atoms with Crippen LogP contribution in [0.2, 0.25) is 0 Å². The molecule has 1 aromatic carbocycles. The second-order valence-corrected chi connectivity index (χ2v) is 4.96. The van der Waals surface area contributed by atoms with Crippen LogP contribution < -0.4 is 4.90 Å². The topological polar surface area (TPSA) is 62.7 Å². The number of pyridine rings is 1. The van der Waals surface area contributed by atoms with Crippen LogP contribution in [0.25, 0.3) is 10.9 Å². The van der Waals surface area contributed by atoms with Gasteiger partial charge in [-0.2, -0.15) is 0 Å². The fourth-order valence-corrected chi connectivity index (χ4v) is 2.46. The number of rotatable bonds is 2. The summed E-state index contributed by atoms with van der Waals surface area (Å²) in [6.07, 6.45) is 0. The lowest BCUT2D eigenvalue weighted by molar-refractivity contribution is 0.0696. The van der Waals surface area contributed by atoms with Gasteiger partial charge in [-0.1, -0.05) is 11.6 Å². The van der Waals surface area contributed by atoms with E-state index in [0.717, 1.165) is 16.5 Å². The fourth-order valence-electron chi connectivity index (χ4n) is 2.46. The number of benzene rings is 1. The van der Waals surface area contributed by atoms with Crippen LogP contribution >= 0.6 is 0 Å². The Labute approximate surface area is 116 Å². The third kappa shape index (κ3) is 2.32. The van der Waals surface area contributed by atoms with Gasteiger partial charge in [0.1, 0.15) is 11.4 Å². The molecule has 1 saturated heterocycles. The molecule has 1 aliphatic heterocycles. The van der Waals surface area contributed by atoms with Crippen molar-refractivity contribution in [3.63, 3.8) is 0 Å². The molecule has 1 fully saturated rings. The zero-order valence-electron chi connectivity index (χ0n) is 11.3. The third-order valence-electron chi connectivity index (χ3n) is 3.49. The molecule has 0 radical (unpaired) electrons. The SMILES string of the molecule is Cc1ccc2nc(N3CCOCC3)c(C(=O)O)cc2c1. The lowest BCUT2D eigenvalue weighted by atomic mass is 10.1. The summed E-state index contributed by atoms with van der Waals surface area (Å²) in [6, 6.07) is 7.58. The van der Waals surface area contributed by atoms with Gasteiger partial charge in [0.05, 0.1) is 18.7 Å². The Kier molecular flexibility index (Phi) is 3.28. The lowest BCUT2D eigenvalue weighted by Crippen LogP contribution is -2.37. The molecule has 0 amide bonds. The van der Waals surface area contributed by atoms with Crippen molar-refractivity contribution in [1.29, 1.82) is 0 Å². The van der Waals surface area contributed by atoms with E-state index in [1.165, 1.54) is 0 Å². The first-order valence-corrected chi connectivity index (χ1v) is 6.62. The van der Waals surface area contributed by atoms with E-state index in [1.807, 2.05) is 30.0 Å². The lowest BCUT2D eigenvalue weighted by Gasteiger charge is -2.29. The van der Waals surface area contributed by atoms with Gasteiger partial charge in [0.2, 0.25) is 0 Å². The fraction of sp³-hybridized carbons (Fsp3) is 0.333. The second kappa shape index (κ2) is 5.09. The normalized spacial score (nSPS) is 15.6. The van der Waals surface area contributed by atoms with Crippen molar-refractivity contribution in [3.8, 4) is 0 Å². The van der Waals surface area contributed by atoms with Gasteiger partial charge in [-0.25, -0.2) is 9.78 Å². The van der Waals surface area contributed by atoms with E-state index in [0.29, 0.717) is 32.1 Å². The van der Waals surface area contributed by atoms with E-state index in [4.69, 9.17) is 4.74 Å². The Morgan fingerprint density at radius 1 is 1.30 bits per heavy atom. The average molecular weight is 272 g/mol. The molecule has 0 saturated carbocycles. The number of fused-ring (bicyclic) bond motifs is 1. The molecule has 2 aromatic rings. The quantitative estimate of drug-likeness (QED) is 0.906. The molecule has 104 valence electrons. The van der Waals surface area contributed by atoms with Crippen LogP contribution in [0.15, 0.2) is 24.3 Å². The van der Waals surface area contributed by atoms with Crippen molar-refractivity contribution in [2.75, 3.05) is 31.2 Å². The summed E-state index contributed by atoms with van der Waals surface area (Å²) in [5.41, 5.74) is 2.17. The zero-order chi connectivity index (χ0) is 14.1. The number of carboxylic acid groups (broad SMARTS) is 1. The summed E-state index contributed by atoms with van der Waals surface area (Å²) < 4.78 is 5.31. The molecular weight excluding hydrogens is 256 g/mol. The zero-order valence-corrected chi connectivity index (χ0v) is 11.3. The van der Waals surface area contributed by atoms with Crippen LogP contribution in [0.5, 0.6) is 0 Å². The smallest absolute Gasteiger partial charge is 0.339 e. The summed E-state index contributed by atoms with van der Waals surface area (Å²) in [4.78, 5) is 18.0. The van der Waals surface area contributed by atoms with Crippen molar-refractivity contribution >= 4 is 22.7 Å². The number of ether oxygens (including phenoxy) is 1. The van der Waals surface area contributed by atoms with Gasteiger partial charge in [-0.3, -0.25) is 0 Å². The van der Waals surface area contributed by atoms with Gasteiger partial charge in [0.25, 0.3) is 0 Å². The highest BCUT2D eigenvalue weighted by Crippen LogP contribution is 2.25. The number of morpholine rings is 1. The molecule has 20 heavy (non-hydrogen) atoms. The van der Waals surface area contributed by atoms with E-state index >= 15 is 0 Å². The van der Waals surface area contributed by atoms with Crippen molar-refractivity contribution in [3.05, 3.63) is 35.4 Å². The first kappa shape index (κ1) is 12.9. The van der Waals surface area contributed by atoms with Gasteiger partial charge >= 0.3 is 5.97 Å². The number of hydrogen-bond donors (Lipinski definition) is 1. The predicted molar refractivity (Wildman–Crippen MR) is 76.5 cm³/mol. The Morgan fingerprint density at radius 3 is 2.75 bits per heavy atom. The first-order valence-electron chi connectivity index (χ1n) is 6.62. The van der Waals surface area contributed by atoms with E-state index in [9.17, 15) is 9.90 Å². The Bertz CT molecular complexity index is 663. The number of anilines is 1. The predicted octanol–water partition coefficient (Wildman–Crippen LogP) is 2.08. The molecule has 3 rings (SSSR count). The minimum absolute atomic E-state index is 0.255. The molecule has 1 N–H and O–H groups in total. The maximum Gasteiger partial charge on any atom is 0.339 e. The van der Waals surface area contributed by atoms with Crippen LogP contribution in [-0.4, -0.2) is 42.4 Å². The van der Waals surface area contributed by atoms with Crippen LogP contribution in [0.4, 0.5) is 5.82 Å². The first-order chi connectivity index (χ1) is 9.65. The van der Waals surface area contributed by atoms with E-state index < -0.39 is 5.97 Å². The maximum atomic E-state index is 11.5. The Hall–Kier alpha value is -2.14.